The van der Waals surface area contributed by atoms with Gasteiger partial charge >= 0.3 is 11.9 Å². The molecular weight excluding hydrogens is 466 g/mol. The molecule has 33 heavy (non-hydrogen) atoms. The summed E-state index contributed by atoms with van der Waals surface area (Å²) in [6.45, 7) is 3.58. The van der Waals surface area contributed by atoms with Crippen molar-refractivity contribution < 1.29 is 29.4 Å². The predicted octanol–water partition coefficient (Wildman–Crippen LogP) is 4.22. The van der Waals surface area contributed by atoms with Crippen molar-refractivity contribution in [3.63, 3.8) is 0 Å². The van der Waals surface area contributed by atoms with Crippen LogP contribution in [0.5, 0.6) is 0 Å². The maximum Gasteiger partial charge on any atom is 0.336 e. The molecule has 0 aliphatic carbocycles. The molecule has 3 rings (SSSR count). The Morgan fingerprint density at radius 1 is 1.00 bits per heavy atom. The smallest absolute Gasteiger partial charge is 0.336 e. The number of thioether (sulfide) groups is 1. The van der Waals surface area contributed by atoms with Gasteiger partial charge in [0.1, 0.15) is 0 Å². The van der Waals surface area contributed by atoms with Gasteiger partial charge in [0, 0.05) is 16.0 Å². The zero-order valence-electron chi connectivity index (χ0n) is 17.5. The minimum Gasteiger partial charge on any atom is -0.478 e. The minimum atomic E-state index is -1.41. The quantitative estimate of drug-likeness (QED) is 0.347. The normalized spacial score (nSPS) is 11.5. The molecule has 9 nitrogen and oxygen atoms in total. The van der Waals surface area contributed by atoms with Crippen LogP contribution in [-0.2, 0) is 4.79 Å². The lowest BCUT2D eigenvalue weighted by Gasteiger charge is -2.12. The first-order valence-corrected chi connectivity index (χ1v) is 11.3. The highest BCUT2D eigenvalue weighted by molar-refractivity contribution is 8.00. The van der Waals surface area contributed by atoms with E-state index in [0.717, 1.165) is 17.8 Å². The number of carboxylic acids is 2. The van der Waals surface area contributed by atoms with Crippen LogP contribution >= 0.6 is 23.1 Å². The summed E-state index contributed by atoms with van der Waals surface area (Å²) < 4.78 is 0. The van der Waals surface area contributed by atoms with Crippen LogP contribution in [0, 0.1) is 6.92 Å². The van der Waals surface area contributed by atoms with E-state index in [1.807, 2.05) is 12.3 Å². The summed E-state index contributed by atoms with van der Waals surface area (Å²) in [5, 5.41) is 25.7. The standard InChI is InChI=1S/C22H19N3O6S2/c1-11-10-32-22(23-11)25-18(26)12(2)33-15-5-3-4-14(9-15)24-19(27)16-7-6-13(20(28)29)8-17(16)21(30)31/h3-10,12H,1-2H3,(H,24,27)(H,28,29)(H,30,31)(H,23,25,26). The van der Waals surface area contributed by atoms with E-state index in [1.165, 1.54) is 29.2 Å². The Morgan fingerprint density at radius 3 is 2.39 bits per heavy atom. The second-order valence-corrected chi connectivity index (χ2v) is 9.17. The summed E-state index contributed by atoms with van der Waals surface area (Å²) in [6.07, 6.45) is 0. The number of carbonyl (C=O) groups excluding carboxylic acids is 2. The number of anilines is 2. The second kappa shape index (κ2) is 10.3. The fraction of sp³-hybridized carbons (Fsp3) is 0.136. The topological polar surface area (TPSA) is 146 Å². The first-order valence-electron chi connectivity index (χ1n) is 9.55. The average Bonchev–Trinajstić information content (AvgIpc) is 3.17. The molecule has 2 amide bonds. The van der Waals surface area contributed by atoms with Crippen LogP contribution in [0.1, 0.15) is 43.7 Å². The van der Waals surface area contributed by atoms with E-state index in [4.69, 9.17) is 5.11 Å². The van der Waals surface area contributed by atoms with Gasteiger partial charge in [-0.05, 0) is 50.2 Å². The number of nitrogens with zero attached hydrogens (tertiary/aromatic N) is 1. The fourth-order valence-electron chi connectivity index (χ4n) is 2.77. The van der Waals surface area contributed by atoms with Gasteiger partial charge in [-0.3, -0.25) is 9.59 Å². The summed E-state index contributed by atoms with van der Waals surface area (Å²) in [4.78, 5) is 52.6. The Hall–Kier alpha value is -3.70. The number of benzene rings is 2. The summed E-state index contributed by atoms with van der Waals surface area (Å²) in [5.74, 6) is -3.62. The highest BCUT2D eigenvalue weighted by Gasteiger charge is 2.20. The number of aryl methyl sites for hydroxylation is 1. The Balaban J connectivity index is 1.71. The van der Waals surface area contributed by atoms with E-state index in [1.54, 1.807) is 31.2 Å². The molecule has 0 spiro atoms. The molecule has 1 unspecified atom stereocenters. The molecule has 0 radical (unpaired) electrons. The van der Waals surface area contributed by atoms with Crippen molar-refractivity contribution in [2.75, 3.05) is 10.6 Å². The molecule has 0 fully saturated rings. The van der Waals surface area contributed by atoms with Crippen LogP contribution in [0.2, 0.25) is 0 Å². The highest BCUT2D eigenvalue weighted by Crippen LogP contribution is 2.27. The van der Waals surface area contributed by atoms with E-state index in [-0.39, 0.29) is 17.0 Å². The van der Waals surface area contributed by atoms with Crippen molar-refractivity contribution in [2.24, 2.45) is 0 Å². The number of thiazole rings is 1. The largest absolute Gasteiger partial charge is 0.478 e. The number of carboxylic acid groups (broad SMARTS) is 2. The molecule has 0 bridgehead atoms. The van der Waals surface area contributed by atoms with Gasteiger partial charge in [-0.1, -0.05) is 6.07 Å². The number of aromatic nitrogens is 1. The molecule has 3 aromatic rings. The number of hydrogen-bond acceptors (Lipinski definition) is 7. The summed E-state index contributed by atoms with van der Waals surface area (Å²) in [7, 11) is 0. The van der Waals surface area contributed by atoms with Crippen LogP contribution < -0.4 is 10.6 Å². The van der Waals surface area contributed by atoms with Gasteiger partial charge in [0.2, 0.25) is 5.91 Å². The van der Waals surface area contributed by atoms with Crippen molar-refractivity contribution in [1.82, 2.24) is 4.98 Å². The molecule has 1 heterocycles. The van der Waals surface area contributed by atoms with Gasteiger partial charge in [-0.25, -0.2) is 14.6 Å². The summed E-state index contributed by atoms with van der Waals surface area (Å²) >= 11 is 2.62. The lowest BCUT2D eigenvalue weighted by Crippen LogP contribution is -2.22. The molecule has 11 heteroatoms. The van der Waals surface area contributed by atoms with E-state index >= 15 is 0 Å². The summed E-state index contributed by atoms with van der Waals surface area (Å²) in [5.41, 5.74) is 0.398. The van der Waals surface area contributed by atoms with Gasteiger partial charge in [0.25, 0.3) is 5.91 Å². The van der Waals surface area contributed by atoms with E-state index in [0.29, 0.717) is 15.7 Å². The Bertz CT molecular complexity index is 1240. The third-order valence-corrected chi connectivity index (χ3v) is 6.33. The van der Waals surface area contributed by atoms with Gasteiger partial charge < -0.3 is 20.8 Å². The number of carbonyl (C=O) groups is 4. The van der Waals surface area contributed by atoms with Gasteiger partial charge in [0.05, 0.1) is 27.6 Å². The Kier molecular flexibility index (Phi) is 7.46. The zero-order valence-corrected chi connectivity index (χ0v) is 19.1. The molecule has 2 aromatic carbocycles. The molecule has 1 atom stereocenters. The third-order valence-electron chi connectivity index (χ3n) is 4.36. The number of hydrogen-bond donors (Lipinski definition) is 4. The minimum absolute atomic E-state index is 0.169. The first kappa shape index (κ1) is 24.0. The van der Waals surface area contributed by atoms with Crippen LogP contribution in [0.4, 0.5) is 10.8 Å². The van der Waals surface area contributed by atoms with E-state index in [9.17, 15) is 24.3 Å². The van der Waals surface area contributed by atoms with Gasteiger partial charge in [0.15, 0.2) is 5.13 Å². The maximum absolute atomic E-state index is 12.7. The number of nitrogens with one attached hydrogen (secondary N) is 2. The third kappa shape index (κ3) is 6.18. The van der Waals surface area contributed by atoms with Crippen LogP contribution in [0.25, 0.3) is 0 Å². The van der Waals surface area contributed by atoms with Crippen molar-refractivity contribution in [1.29, 1.82) is 0 Å². The molecular formula is C22H19N3O6S2. The predicted molar refractivity (Wildman–Crippen MR) is 126 cm³/mol. The molecule has 1 aromatic heterocycles. The van der Waals surface area contributed by atoms with Gasteiger partial charge in [-0.2, -0.15) is 0 Å². The van der Waals surface area contributed by atoms with Crippen molar-refractivity contribution in [2.45, 2.75) is 24.0 Å². The van der Waals surface area contributed by atoms with E-state index < -0.39 is 28.7 Å². The number of aromatic carboxylic acids is 2. The molecule has 0 aliphatic heterocycles. The second-order valence-electron chi connectivity index (χ2n) is 6.90. The van der Waals surface area contributed by atoms with Crippen molar-refractivity contribution in [3.8, 4) is 0 Å². The first-order chi connectivity index (χ1) is 15.6. The average molecular weight is 486 g/mol. The molecule has 0 aliphatic rings. The van der Waals surface area contributed by atoms with Crippen LogP contribution in [0.15, 0.2) is 52.7 Å². The highest BCUT2D eigenvalue weighted by atomic mass is 32.2. The fourth-order valence-corrected chi connectivity index (χ4v) is 4.39. The Morgan fingerprint density at radius 2 is 1.76 bits per heavy atom. The SMILES string of the molecule is Cc1csc(NC(=O)C(C)Sc2cccc(NC(=O)c3ccc(C(=O)O)cc3C(=O)O)c2)n1. The van der Waals surface area contributed by atoms with Crippen molar-refractivity contribution in [3.05, 3.63) is 70.2 Å². The van der Waals surface area contributed by atoms with Crippen LogP contribution in [0.3, 0.4) is 0 Å². The molecule has 4 N–H and O–H groups in total. The molecule has 0 saturated heterocycles. The van der Waals surface area contributed by atoms with E-state index in [2.05, 4.69) is 15.6 Å². The van der Waals surface area contributed by atoms with Gasteiger partial charge in [-0.15, -0.1) is 23.1 Å². The van der Waals surface area contributed by atoms with Crippen molar-refractivity contribution >= 4 is 57.7 Å². The zero-order chi connectivity index (χ0) is 24.1. The maximum atomic E-state index is 12.7. The Labute approximate surface area is 196 Å². The molecule has 0 saturated carbocycles. The monoisotopic (exact) mass is 485 g/mol. The number of amides is 2. The number of rotatable bonds is 8. The summed E-state index contributed by atoms with van der Waals surface area (Å²) in [6, 6.07) is 10.0. The van der Waals surface area contributed by atoms with Crippen LogP contribution in [-0.4, -0.2) is 44.2 Å². The molecule has 170 valence electrons. The lowest BCUT2D eigenvalue weighted by atomic mass is 10.0. The lowest BCUT2D eigenvalue weighted by molar-refractivity contribution is -0.115.